The number of carbonyl (C=O) groups is 1. The molecular weight excluding hydrogens is 574 g/mol. The van der Waals surface area contributed by atoms with Crippen molar-refractivity contribution in [3.63, 3.8) is 0 Å². The molecule has 2 aliphatic rings. The Morgan fingerprint density at radius 3 is 2.43 bits per heavy atom. The van der Waals surface area contributed by atoms with Crippen molar-refractivity contribution in [3.8, 4) is 11.1 Å². The Kier molecular flexibility index (Phi) is 10.7. The second-order valence-corrected chi connectivity index (χ2v) is 12.2. The number of rotatable bonds is 12. The molecule has 2 fully saturated rings. The lowest BCUT2D eigenvalue weighted by molar-refractivity contribution is -0.253. The average molecular weight is 618 g/mol. The zero-order valence-corrected chi connectivity index (χ0v) is 26.3. The highest BCUT2D eigenvalue weighted by Crippen LogP contribution is 2.39. The standard InChI is InChI=1S/C39H43N3O4/c1-2-22-42(34-10-4-5-11-34)26-35-23-37(30-15-13-28(27-43)14-16-30)46-39(45-35)31-19-17-29(18-20-31)36-12-6-3-8-32(36)25-41-38(44)33-9-7-21-40-24-33/h2-3,6-9,12-21,24,34-35,37,39,43H,1,4-5,10-11,22-23,25-27H2,(H,41,44)/t35-,37+,39+/m0/s1. The van der Waals surface area contributed by atoms with Crippen LogP contribution < -0.4 is 5.32 Å². The van der Waals surface area contributed by atoms with Gasteiger partial charge in [-0.3, -0.25) is 14.7 Å². The molecule has 1 aliphatic carbocycles. The van der Waals surface area contributed by atoms with Crippen LogP contribution in [-0.2, 0) is 22.6 Å². The molecule has 238 valence electrons. The molecule has 1 saturated carbocycles. The summed E-state index contributed by atoms with van der Waals surface area (Å²) in [5, 5.41) is 12.6. The summed E-state index contributed by atoms with van der Waals surface area (Å²) >= 11 is 0. The Bertz CT molecular complexity index is 1570. The monoisotopic (exact) mass is 617 g/mol. The van der Waals surface area contributed by atoms with Crippen molar-refractivity contribution in [2.45, 2.75) is 69.8 Å². The smallest absolute Gasteiger partial charge is 0.253 e. The molecule has 0 unspecified atom stereocenters. The van der Waals surface area contributed by atoms with Crippen LogP contribution in [0.2, 0.25) is 0 Å². The van der Waals surface area contributed by atoms with Gasteiger partial charge in [-0.05, 0) is 52.8 Å². The van der Waals surface area contributed by atoms with E-state index in [1.54, 1.807) is 24.5 Å². The maximum Gasteiger partial charge on any atom is 0.253 e. The van der Waals surface area contributed by atoms with Gasteiger partial charge in [0.15, 0.2) is 6.29 Å². The van der Waals surface area contributed by atoms with E-state index in [9.17, 15) is 9.90 Å². The lowest BCUT2D eigenvalue weighted by Gasteiger charge is -2.39. The lowest BCUT2D eigenvalue weighted by atomic mass is 9.97. The summed E-state index contributed by atoms with van der Waals surface area (Å²) < 4.78 is 13.3. The van der Waals surface area contributed by atoms with Crippen molar-refractivity contribution in [2.75, 3.05) is 13.1 Å². The zero-order valence-electron chi connectivity index (χ0n) is 26.3. The van der Waals surface area contributed by atoms with E-state index >= 15 is 0 Å². The quantitative estimate of drug-likeness (QED) is 0.164. The van der Waals surface area contributed by atoms with Crippen LogP contribution in [0.3, 0.4) is 0 Å². The fraction of sp³-hybridized carbons (Fsp3) is 0.333. The molecule has 1 saturated heterocycles. The van der Waals surface area contributed by atoms with Crippen molar-refractivity contribution < 1.29 is 19.4 Å². The van der Waals surface area contributed by atoms with Gasteiger partial charge in [0.05, 0.1) is 24.4 Å². The van der Waals surface area contributed by atoms with E-state index in [1.807, 2.05) is 36.4 Å². The van der Waals surface area contributed by atoms with Crippen LogP contribution in [-0.4, -0.2) is 46.1 Å². The van der Waals surface area contributed by atoms with Gasteiger partial charge in [0.25, 0.3) is 5.91 Å². The number of pyridine rings is 1. The highest BCUT2D eigenvalue weighted by Gasteiger charge is 2.34. The first kappa shape index (κ1) is 31.8. The zero-order chi connectivity index (χ0) is 31.7. The molecule has 0 bridgehead atoms. The van der Waals surface area contributed by atoms with Gasteiger partial charge in [-0.2, -0.15) is 0 Å². The van der Waals surface area contributed by atoms with Crippen LogP contribution in [0.15, 0.2) is 110 Å². The second-order valence-electron chi connectivity index (χ2n) is 12.2. The maximum atomic E-state index is 12.7. The molecule has 3 atom stereocenters. The molecule has 2 heterocycles. The number of carbonyl (C=O) groups excluding carboxylic acids is 1. The van der Waals surface area contributed by atoms with E-state index in [0.29, 0.717) is 18.2 Å². The number of aliphatic hydroxyl groups is 1. The number of aromatic nitrogens is 1. The maximum absolute atomic E-state index is 12.7. The van der Waals surface area contributed by atoms with Crippen LogP contribution in [0.1, 0.15) is 77.1 Å². The van der Waals surface area contributed by atoms with E-state index in [1.165, 1.54) is 25.7 Å². The lowest BCUT2D eigenvalue weighted by Crippen LogP contribution is -2.43. The molecular formula is C39H43N3O4. The predicted molar refractivity (Wildman–Crippen MR) is 180 cm³/mol. The molecule has 2 N–H and O–H groups in total. The van der Waals surface area contributed by atoms with Crippen molar-refractivity contribution in [1.29, 1.82) is 0 Å². The van der Waals surface area contributed by atoms with Crippen molar-refractivity contribution >= 4 is 5.91 Å². The first-order valence-corrected chi connectivity index (χ1v) is 16.3. The third-order valence-corrected chi connectivity index (χ3v) is 9.13. The fourth-order valence-corrected chi connectivity index (χ4v) is 6.65. The van der Waals surface area contributed by atoms with Gasteiger partial charge >= 0.3 is 0 Å². The molecule has 0 radical (unpaired) electrons. The minimum Gasteiger partial charge on any atom is -0.392 e. The van der Waals surface area contributed by atoms with Gasteiger partial charge in [0, 0.05) is 50.1 Å². The minimum absolute atomic E-state index is 0.00866. The largest absolute Gasteiger partial charge is 0.392 e. The summed E-state index contributed by atoms with van der Waals surface area (Å²) in [6, 6.07) is 28.6. The van der Waals surface area contributed by atoms with E-state index in [-0.39, 0.29) is 24.7 Å². The molecule has 46 heavy (non-hydrogen) atoms. The summed E-state index contributed by atoms with van der Waals surface area (Å²) in [7, 11) is 0. The number of ether oxygens (including phenoxy) is 2. The van der Waals surface area contributed by atoms with Crippen LogP contribution in [0.5, 0.6) is 0 Å². The number of nitrogens with one attached hydrogen (secondary N) is 1. The molecule has 4 aromatic rings. The number of aliphatic hydroxyl groups excluding tert-OH is 1. The molecule has 3 aromatic carbocycles. The average Bonchev–Trinajstić information content (AvgIpc) is 3.66. The van der Waals surface area contributed by atoms with Crippen LogP contribution >= 0.6 is 0 Å². The summed E-state index contributed by atoms with van der Waals surface area (Å²) in [5.41, 5.74) is 6.61. The number of benzene rings is 3. The molecule has 7 heteroatoms. The highest BCUT2D eigenvalue weighted by molar-refractivity contribution is 5.93. The van der Waals surface area contributed by atoms with E-state index < -0.39 is 6.29 Å². The van der Waals surface area contributed by atoms with Crippen molar-refractivity contribution in [1.82, 2.24) is 15.2 Å². The van der Waals surface area contributed by atoms with E-state index in [2.05, 4.69) is 64.2 Å². The van der Waals surface area contributed by atoms with Gasteiger partial charge in [-0.1, -0.05) is 91.7 Å². The van der Waals surface area contributed by atoms with Crippen LogP contribution in [0.4, 0.5) is 0 Å². The third kappa shape index (κ3) is 7.80. The Hall–Kier alpha value is -4.14. The Morgan fingerprint density at radius 1 is 0.957 bits per heavy atom. The van der Waals surface area contributed by atoms with Crippen molar-refractivity contribution in [2.24, 2.45) is 0 Å². The molecule has 0 spiro atoms. The third-order valence-electron chi connectivity index (χ3n) is 9.13. The first-order chi connectivity index (χ1) is 22.6. The van der Waals surface area contributed by atoms with Gasteiger partial charge in [0.1, 0.15) is 0 Å². The van der Waals surface area contributed by atoms with E-state index in [4.69, 9.17) is 9.47 Å². The van der Waals surface area contributed by atoms with Gasteiger partial charge < -0.3 is 19.9 Å². The summed E-state index contributed by atoms with van der Waals surface area (Å²) in [6.07, 6.45) is 10.3. The SMILES string of the molecule is C=CCN(C[C@@H]1C[C@H](c2ccc(CO)cc2)O[C@H](c2ccc(-c3ccccc3CNC(=O)c3cccnc3)cc2)O1)C1CCCC1. The molecule has 1 aromatic heterocycles. The van der Waals surface area contributed by atoms with Gasteiger partial charge in [-0.15, -0.1) is 6.58 Å². The van der Waals surface area contributed by atoms with Crippen LogP contribution in [0.25, 0.3) is 11.1 Å². The number of hydrogen-bond acceptors (Lipinski definition) is 6. The van der Waals surface area contributed by atoms with Gasteiger partial charge in [-0.25, -0.2) is 0 Å². The normalized spacial score (nSPS) is 20.1. The summed E-state index contributed by atoms with van der Waals surface area (Å²) in [6.45, 7) is 6.13. The molecule has 6 rings (SSSR count). The van der Waals surface area contributed by atoms with Crippen LogP contribution in [0, 0.1) is 0 Å². The topological polar surface area (TPSA) is 83.9 Å². The molecule has 7 nitrogen and oxygen atoms in total. The number of hydrogen-bond donors (Lipinski definition) is 2. The summed E-state index contributed by atoms with van der Waals surface area (Å²) in [4.78, 5) is 19.2. The molecule has 1 aliphatic heterocycles. The Morgan fingerprint density at radius 2 is 1.72 bits per heavy atom. The predicted octanol–water partition coefficient (Wildman–Crippen LogP) is 7.15. The Balaban J connectivity index is 1.20. The van der Waals surface area contributed by atoms with Crippen molar-refractivity contribution in [3.05, 3.63) is 138 Å². The minimum atomic E-state index is -0.515. The number of nitrogens with zero attached hydrogens (tertiary/aromatic N) is 2. The second kappa shape index (κ2) is 15.4. The Labute approximate surface area is 271 Å². The van der Waals surface area contributed by atoms with E-state index in [0.717, 1.165) is 52.9 Å². The fourth-order valence-electron chi connectivity index (χ4n) is 6.65. The number of amides is 1. The highest BCUT2D eigenvalue weighted by atomic mass is 16.7. The summed E-state index contributed by atoms with van der Waals surface area (Å²) in [5.74, 6) is -0.153. The molecule has 1 amide bonds. The van der Waals surface area contributed by atoms with Gasteiger partial charge in [0.2, 0.25) is 0 Å². The first-order valence-electron chi connectivity index (χ1n) is 16.3.